The maximum absolute atomic E-state index is 11.6. The van der Waals surface area contributed by atoms with Crippen LogP contribution in [0, 0.1) is 0 Å². The second-order valence-corrected chi connectivity index (χ2v) is 6.09. The van der Waals surface area contributed by atoms with Crippen LogP contribution in [0.25, 0.3) is 0 Å². The molecule has 0 aliphatic rings. The third kappa shape index (κ3) is 6.07. The van der Waals surface area contributed by atoms with Gasteiger partial charge in [0.2, 0.25) is 5.91 Å². The number of carbonyl (C=O) groups excluding carboxylic acids is 1. The quantitative estimate of drug-likeness (QED) is 0.841. The van der Waals surface area contributed by atoms with Crippen molar-refractivity contribution in [3.63, 3.8) is 0 Å². The summed E-state index contributed by atoms with van der Waals surface area (Å²) in [6.45, 7) is 4.29. The van der Waals surface area contributed by atoms with Crippen LogP contribution in [0.2, 0.25) is 0 Å². The fourth-order valence-electron chi connectivity index (χ4n) is 1.69. The molecule has 5 heteroatoms. The Hall–Kier alpha value is -1.07. The number of halogens is 1. The maximum Gasteiger partial charge on any atom is 0.221 e. The highest BCUT2D eigenvalue weighted by Gasteiger charge is 2.15. The van der Waals surface area contributed by atoms with Crippen molar-refractivity contribution in [3.05, 3.63) is 28.2 Å². The van der Waals surface area contributed by atoms with Gasteiger partial charge in [0, 0.05) is 18.5 Å². The van der Waals surface area contributed by atoms with Gasteiger partial charge in [0.1, 0.15) is 5.75 Å². The van der Waals surface area contributed by atoms with Crippen molar-refractivity contribution in [1.82, 2.24) is 5.32 Å². The average Bonchev–Trinajstić information content (AvgIpc) is 2.26. The molecule has 1 aromatic carbocycles. The van der Waals surface area contributed by atoms with Gasteiger partial charge in [-0.2, -0.15) is 0 Å². The number of nitrogens with two attached hydrogens (primary N) is 1. The van der Waals surface area contributed by atoms with Gasteiger partial charge in [-0.15, -0.1) is 0 Å². The van der Waals surface area contributed by atoms with Crippen LogP contribution in [-0.2, 0) is 11.2 Å². The van der Waals surface area contributed by atoms with E-state index in [0.29, 0.717) is 13.0 Å². The summed E-state index contributed by atoms with van der Waals surface area (Å²) in [6.07, 6.45) is 1.11. The van der Waals surface area contributed by atoms with Gasteiger partial charge in [0.05, 0.1) is 11.6 Å². The van der Waals surface area contributed by atoms with Gasteiger partial charge < -0.3 is 15.8 Å². The molecular weight excluding hydrogens is 308 g/mol. The van der Waals surface area contributed by atoms with E-state index in [-0.39, 0.29) is 5.91 Å². The first-order valence-electron chi connectivity index (χ1n) is 6.20. The number of methoxy groups -OCH3 is 1. The summed E-state index contributed by atoms with van der Waals surface area (Å²) in [6, 6.07) is 5.89. The Morgan fingerprint density at radius 1 is 1.47 bits per heavy atom. The lowest BCUT2D eigenvalue weighted by atomic mass is 10.0. The van der Waals surface area contributed by atoms with E-state index in [9.17, 15) is 4.79 Å². The van der Waals surface area contributed by atoms with Crippen molar-refractivity contribution in [1.29, 1.82) is 0 Å². The molecule has 0 atom stereocenters. The molecule has 0 fully saturated rings. The van der Waals surface area contributed by atoms with Crippen LogP contribution in [0.4, 0.5) is 0 Å². The van der Waals surface area contributed by atoms with E-state index in [2.05, 4.69) is 21.2 Å². The number of benzene rings is 1. The Morgan fingerprint density at radius 3 is 2.68 bits per heavy atom. The number of hydrogen-bond acceptors (Lipinski definition) is 3. The third-order valence-electron chi connectivity index (χ3n) is 2.57. The van der Waals surface area contributed by atoms with Gasteiger partial charge in [0.15, 0.2) is 0 Å². The zero-order chi connectivity index (χ0) is 14.5. The first-order chi connectivity index (χ1) is 8.81. The van der Waals surface area contributed by atoms with Crippen LogP contribution in [0.1, 0.15) is 25.8 Å². The van der Waals surface area contributed by atoms with Gasteiger partial charge in [-0.25, -0.2) is 0 Å². The highest BCUT2D eigenvalue weighted by molar-refractivity contribution is 9.10. The van der Waals surface area contributed by atoms with Gasteiger partial charge in [-0.3, -0.25) is 4.79 Å². The Balaban J connectivity index is 2.41. The van der Waals surface area contributed by atoms with Crippen LogP contribution < -0.4 is 15.8 Å². The zero-order valence-electron chi connectivity index (χ0n) is 11.6. The molecule has 1 amide bonds. The van der Waals surface area contributed by atoms with Crippen LogP contribution in [0.15, 0.2) is 22.7 Å². The fraction of sp³-hybridized carbons (Fsp3) is 0.500. The van der Waals surface area contributed by atoms with E-state index in [4.69, 9.17) is 10.5 Å². The molecule has 0 bridgehead atoms. The molecule has 0 saturated heterocycles. The summed E-state index contributed by atoms with van der Waals surface area (Å²) in [5.41, 5.74) is 6.46. The number of amides is 1. The Labute approximate surface area is 122 Å². The van der Waals surface area contributed by atoms with E-state index < -0.39 is 5.54 Å². The lowest BCUT2D eigenvalue weighted by Crippen LogP contribution is -2.39. The summed E-state index contributed by atoms with van der Waals surface area (Å²) in [7, 11) is 1.63. The predicted molar refractivity (Wildman–Crippen MR) is 80.3 cm³/mol. The number of hydrogen-bond donors (Lipinski definition) is 2. The molecule has 1 aromatic rings. The molecule has 0 heterocycles. The van der Waals surface area contributed by atoms with Crippen molar-refractivity contribution in [2.45, 2.75) is 32.2 Å². The average molecular weight is 329 g/mol. The minimum absolute atomic E-state index is 0.0138. The molecule has 4 nitrogen and oxygen atoms in total. The highest BCUT2D eigenvalue weighted by Crippen LogP contribution is 2.25. The number of nitrogens with one attached hydrogen (secondary N) is 1. The third-order valence-corrected chi connectivity index (χ3v) is 3.19. The van der Waals surface area contributed by atoms with Gasteiger partial charge in [-0.05, 0) is 53.9 Å². The molecular formula is C14H21BrN2O2. The smallest absolute Gasteiger partial charge is 0.221 e. The molecule has 0 aliphatic carbocycles. The Kier molecular flexibility index (Phi) is 5.82. The van der Waals surface area contributed by atoms with Crippen LogP contribution >= 0.6 is 15.9 Å². The molecule has 0 aliphatic heterocycles. The van der Waals surface area contributed by atoms with Crippen molar-refractivity contribution >= 4 is 21.8 Å². The summed E-state index contributed by atoms with van der Waals surface area (Å²) < 4.78 is 6.09. The molecule has 0 spiro atoms. The van der Waals surface area contributed by atoms with Crippen LogP contribution in [0.3, 0.4) is 0 Å². The van der Waals surface area contributed by atoms with E-state index >= 15 is 0 Å². The fourth-order valence-corrected chi connectivity index (χ4v) is 2.28. The first-order valence-corrected chi connectivity index (χ1v) is 6.99. The van der Waals surface area contributed by atoms with Crippen molar-refractivity contribution in [3.8, 4) is 5.75 Å². The number of rotatable bonds is 6. The molecule has 19 heavy (non-hydrogen) atoms. The first kappa shape index (κ1) is 16.0. The number of ether oxygens (including phenoxy) is 1. The molecule has 106 valence electrons. The van der Waals surface area contributed by atoms with Crippen LogP contribution in [0.5, 0.6) is 5.75 Å². The zero-order valence-corrected chi connectivity index (χ0v) is 13.2. The lowest BCUT2D eigenvalue weighted by Gasteiger charge is -2.17. The van der Waals surface area contributed by atoms with Gasteiger partial charge in [-0.1, -0.05) is 6.07 Å². The van der Waals surface area contributed by atoms with Crippen molar-refractivity contribution < 1.29 is 9.53 Å². The minimum atomic E-state index is -0.465. The van der Waals surface area contributed by atoms with E-state index in [1.807, 2.05) is 32.0 Å². The molecule has 0 unspecified atom stereocenters. The summed E-state index contributed by atoms with van der Waals surface area (Å²) >= 11 is 3.44. The lowest BCUT2D eigenvalue weighted by molar-refractivity contribution is -0.121. The second kappa shape index (κ2) is 6.91. The van der Waals surface area contributed by atoms with E-state index in [0.717, 1.165) is 22.2 Å². The summed E-state index contributed by atoms with van der Waals surface area (Å²) in [4.78, 5) is 11.6. The molecule has 0 aromatic heterocycles. The summed E-state index contributed by atoms with van der Waals surface area (Å²) in [5.74, 6) is 0.790. The van der Waals surface area contributed by atoms with E-state index in [1.54, 1.807) is 7.11 Å². The minimum Gasteiger partial charge on any atom is -0.496 e. The normalized spacial score (nSPS) is 11.2. The van der Waals surface area contributed by atoms with Gasteiger partial charge >= 0.3 is 0 Å². The van der Waals surface area contributed by atoms with Crippen LogP contribution in [-0.4, -0.2) is 25.1 Å². The highest BCUT2D eigenvalue weighted by atomic mass is 79.9. The maximum atomic E-state index is 11.6. The monoisotopic (exact) mass is 328 g/mol. The predicted octanol–water partition coefficient (Wildman–Crippen LogP) is 2.24. The van der Waals surface area contributed by atoms with Crippen molar-refractivity contribution in [2.24, 2.45) is 5.73 Å². The number of carbonyl (C=O) groups is 1. The van der Waals surface area contributed by atoms with Gasteiger partial charge in [0.25, 0.3) is 0 Å². The molecule has 1 rings (SSSR count). The largest absolute Gasteiger partial charge is 0.496 e. The second-order valence-electron chi connectivity index (χ2n) is 5.23. The molecule has 3 N–H and O–H groups in total. The summed E-state index contributed by atoms with van der Waals surface area (Å²) in [5, 5.41) is 2.87. The van der Waals surface area contributed by atoms with E-state index in [1.165, 1.54) is 0 Å². The standard InChI is InChI=1S/C14H21BrN2O2/c1-14(2,16)9-13(18)17-7-6-10-4-5-12(19-3)11(15)8-10/h4-5,8H,6-7,9,16H2,1-3H3,(H,17,18). The SMILES string of the molecule is COc1ccc(CCNC(=O)CC(C)(C)N)cc1Br. The van der Waals surface area contributed by atoms with Crippen molar-refractivity contribution in [2.75, 3.05) is 13.7 Å². The molecule has 0 saturated carbocycles. The Bertz CT molecular complexity index is 442. The molecule has 0 radical (unpaired) electrons. The Morgan fingerprint density at radius 2 is 2.16 bits per heavy atom. The topological polar surface area (TPSA) is 64.3 Å².